The van der Waals surface area contributed by atoms with Gasteiger partial charge in [0.05, 0.1) is 24.3 Å². The van der Waals surface area contributed by atoms with E-state index >= 15 is 0 Å². The van der Waals surface area contributed by atoms with Crippen molar-refractivity contribution in [1.29, 1.82) is 0 Å². The van der Waals surface area contributed by atoms with Crippen LogP contribution in [-0.2, 0) is 14.3 Å². The number of amides is 1. The zero-order chi connectivity index (χ0) is 24.1. The Kier molecular flexibility index (Phi) is 7.91. The molecule has 4 rings (SSSR count). The van der Waals surface area contributed by atoms with Crippen LogP contribution in [0.4, 0.5) is 0 Å². The fourth-order valence-electron chi connectivity index (χ4n) is 4.47. The van der Waals surface area contributed by atoms with E-state index in [-0.39, 0.29) is 17.4 Å². The standard InChI is InChI=1S/C27H30ClNO5/c1-2-3-4-15-33-21-13-9-18(10-14-21)24-23(25(30)19-7-11-20(28)12-8-19)26(31)27(32)29(24)17-22-6-5-16-34-22/h7-14,22,24,30H,2-6,15-17H2,1H3/b25-23+. The lowest BCUT2D eigenvalue weighted by molar-refractivity contribution is -0.140. The number of aliphatic hydroxyl groups is 1. The molecule has 2 unspecified atom stereocenters. The SMILES string of the molecule is CCCCCOc1ccc(C2/C(=C(\O)c3ccc(Cl)cc3)C(=O)C(=O)N2CC2CCCO2)cc1. The molecule has 2 aliphatic heterocycles. The predicted octanol–water partition coefficient (Wildman–Crippen LogP) is 5.51. The molecule has 0 aromatic heterocycles. The summed E-state index contributed by atoms with van der Waals surface area (Å²) < 4.78 is 11.6. The largest absolute Gasteiger partial charge is 0.507 e. The minimum absolute atomic E-state index is 0.0712. The minimum Gasteiger partial charge on any atom is -0.507 e. The number of halogens is 1. The van der Waals surface area contributed by atoms with Crippen LogP contribution in [0.3, 0.4) is 0 Å². The van der Waals surface area contributed by atoms with Gasteiger partial charge in [-0.05, 0) is 61.2 Å². The lowest BCUT2D eigenvalue weighted by Gasteiger charge is -2.27. The van der Waals surface area contributed by atoms with Gasteiger partial charge in [-0.2, -0.15) is 0 Å². The number of aliphatic hydroxyl groups excluding tert-OH is 1. The molecule has 180 valence electrons. The van der Waals surface area contributed by atoms with E-state index in [9.17, 15) is 14.7 Å². The van der Waals surface area contributed by atoms with Gasteiger partial charge in [0.15, 0.2) is 0 Å². The van der Waals surface area contributed by atoms with E-state index in [1.54, 1.807) is 24.3 Å². The Labute approximate surface area is 205 Å². The zero-order valence-corrected chi connectivity index (χ0v) is 20.1. The summed E-state index contributed by atoms with van der Waals surface area (Å²) >= 11 is 5.99. The van der Waals surface area contributed by atoms with E-state index in [1.165, 1.54) is 4.90 Å². The van der Waals surface area contributed by atoms with E-state index in [4.69, 9.17) is 21.1 Å². The molecule has 2 aromatic carbocycles. The van der Waals surface area contributed by atoms with Crippen molar-refractivity contribution in [2.45, 2.75) is 51.2 Å². The van der Waals surface area contributed by atoms with Crippen LogP contribution in [0.15, 0.2) is 54.1 Å². The molecule has 2 aromatic rings. The maximum Gasteiger partial charge on any atom is 0.295 e. The average molecular weight is 484 g/mol. The fraction of sp³-hybridized carbons (Fsp3) is 0.407. The van der Waals surface area contributed by atoms with Crippen molar-refractivity contribution in [3.05, 3.63) is 70.3 Å². The Morgan fingerprint density at radius 3 is 2.50 bits per heavy atom. The smallest absolute Gasteiger partial charge is 0.295 e. The highest BCUT2D eigenvalue weighted by Crippen LogP contribution is 2.40. The van der Waals surface area contributed by atoms with E-state index in [2.05, 4.69) is 6.92 Å². The van der Waals surface area contributed by atoms with Crippen molar-refractivity contribution in [3.8, 4) is 5.75 Å². The van der Waals surface area contributed by atoms with Gasteiger partial charge in [0, 0.05) is 23.7 Å². The van der Waals surface area contributed by atoms with Crippen molar-refractivity contribution in [2.24, 2.45) is 0 Å². The highest BCUT2D eigenvalue weighted by Gasteiger charge is 2.47. The van der Waals surface area contributed by atoms with Crippen molar-refractivity contribution >= 4 is 29.1 Å². The highest BCUT2D eigenvalue weighted by molar-refractivity contribution is 6.46. The second-order valence-electron chi connectivity index (χ2n) is 8.72. The number of hydrogen-bond acceptors (Lipinski definition) is 5. The summed E-state index contributed by atoms with van der Waals surface area (Å²) in [6.07, 6.45) is 4.85. The first-order chi connectivity index (χ1) is 16.5. The summed E-state index contributed by atoms with van der Waals surface area (Å²) in [7, 11) is 0. The number of rotatable bonds is 9. The molecule has 2 fully saturated rings. The molecule has 6 nitrogen and oxygen atoms in total. The van der Waals surface area contributed by atoms with Crippen LogP contribution in [0, 0.1) is 0 Å². The summed E-state index contributed by atoms with van der Waals surface area (Å²) in [5.41, 5.74) is 1.23. The van der Waals surface area contributed by atoms with Crippen LogP contribution < -0.4 is 4.74 Å². The monoisotopic (exact) mass is 483 g/mol. The van der Waals surface area contributed by atoms with Gasteiger partial charge in [-0.15, -0.1) is 0 Å². The van der Waals surface area contributed by atoms with Gasteiger partial charge < -0.3 is 19.5 Å². The first kappa shape index (κ1) is 24.3. The number of likely N-dealkylation sites (tertiary alicyclic amines) is 1. The van der Waals surface area contributed by atoms with E-state index in [1.807, 2.05) is 24.3 Å². The number of carbonyl (C=O) groups excluding carboxylic acids is 2. The molecule has 2 saturated heterocycles. The second kappa shape index (κ2) is 11.1. The summed E-state index contributed by atoms with van der Waals surface area (Å²) in [6.45, 7) is 3.73. The van der Waals surface area contributed by atoms with Gasteiger partial charge in [-0.1, -0.05) is 43.5 Å². The van der Waals surface area contributed by atoms with Crippen molar-refractivity contribution in [3.63, 3.8) is 0 Å². The van der Waals surface area contributed by atoms with Crippen LogP contribution in [-0.4, -0.2) is 47.6 Å². The molecule has 0 saturated carbocycles. The zero-order valence-electron chi connectivity index (χ0n) is 19.3. The molecule has 0 aliphatic carbocycles. The molecule has 34 heavy (non-hydrogen) atoms. The number of ketones is 1. The Morgan fingerprint density at radius 1 is 1.12 bits per heavy atom. The number of ether oxygens (including phenoxy) is 2. The molecule has 2 heterocycles. The van der Waals surface area contributed by atoms with E-state index in [0.29, 0.717) is 30.3 Å². The summed E-state index contributed by atoms with van der Waals surface area (Å²) in [5, 5.41) is 11.6. The van der Waals surface area contributed by atoms with Gasteiger partial charge in [0.25, 0.3) is 11.7 Å². The van der Waals surface area contributed by atoms with E-state index in [0.717, 1.165) is 43.4 Å². The predicted molar refractivity (Wildman–Crippen MR) is 131 cm³/mol. The molecule has 0 bridgehead atoms. The van der Waals surface area contributed by atoms with Crippen molar-refractivity contribution in [1.82, 2.24) is 4.90 Å². The lowest BCUT2D eigenvalue weighted by Crippen LogP contribution is -2.36. The van der Waals surface area contributed by atoms with Crippen LogP contribution in [0.25, 0.3) is 5.76 Å². The first-order valence-electron chi connectivity index (χ1n) is 11.9. The van der Waals surface area contributed by atoms with Crippen molar-refractivity contribution in [2.75, 3.05) is 19.8 Å². The molecule has 0 radical (unpaired) electrons. The molecule has 2 atom stereocenters. The Bertz CT molecular complexity index is 1040. The highest BCUT2D eigenvalue weighted by atomic mass is 35.5. The van der Waals surface area contributed by atoms with Gasteiger partial charge in [0.1, 0.15) is 11.5 Å². The number of Topliss-reactive ketones (excluding diaryl/α,β-unsaturated/α-hetero) is 1. The second-order valence-corrected chi connectivity index (χ2v) is 9.15. The van der Waals surface area contributed by atoms with Gasteiger partial charge in [0.2, 0.25) is 0 Å². The summed E-state index contributed by atoms with van der Waals surface area (Å²) in [6, 6.07) is 13.2. The fourth-order valence-corrected chi connectivity index (χ4v) is 4.60. The summed E-state index contributed by atoms with van der Waals surface area (Å²) in [4.78, 5) is 27.7. The molecule has 2 aliphatic rings. The number of carbonyl (C=O) groups is 2. The molecular weight excluding hydrogens is 454 g/mol. The normalized spacial score (nSPS) is 21.9. The molecule has 7 heteroatoms. The van der Waals surface area contributed by atoms with Crippen LogP contribution in [0.1, 0.15) is 56.2 Å². The Balaban J connectivity index is 1.68. The Morgan fingerprint density at radius 2 is 1.85 bits per heavy atom. The topological polar surface area (TPSA) is 76.1 Å². The van der Waals surface area contributed by atoms with Crippen LogP contribution >= 0.6 is 11.6 Å². The molecule has 1 amide bonds. The number of hydrogen-bond donors (Lipinski definition) is 1. The molecule has 0 spiro atoms. The maximum absolute atomic E-state index is 13.1. The van der Waals surface area contributed by atoms with Crippen LogP contribution in [0.2, 0.25) is 5.02 Å². The quantitative estimate of drug-likeness (QED) is 0.220. The van der Waals surface area contributed by atoms with Crippen LogP contribution in [0.5, 0.6) is 5.75 Å². The lowest BCUT2D eigenvalue weighted by atomic mass is 9.95. The third kappa shape index (κ3) is 5.29. The average Bonchev–Trinajstić information content (AvgIpc) is 3.45. The van der Waals surface area contributed by atoms with E-state index < -0.39 is 17.7 Å². The van der Waals surface area contributed by atoms with Gasteiger partial charge in [-0.25, -0.2) is 0 Å². The third-order valence-electron chi connectivity index (χ3n) is 6.29. The minimum atomic E-state index is -0.714. The summed E-state index contributed by atoms with van der Waals surface area (Å²) in [5.74, 6) is -0.811. The van der Waals surface area contributed by atoms with Gasteiger partial charge in [-0.3, -0.25) is 9.59 Å². The number of nitrogens with zero attached hydrogens (tertiary/aromatic N) is 1. The molecular formula is C27H30ClNO5. The van der Waals surface area contributed by atoms with Gasteiger partial charge >= 0.3 is 0 Å². The number of benzene rings is 2. The molecule has 1 N–H and O–H groups in total. The Hall–Kier alpha value is -2.83. The third-order valence-corrected chi connectivity index (χ3v) is 6.55. The number of unbranched alkanes of at least 4 members (excludes halogenated alkanes) is 2. The maximum atomic E-state index is 13.1. The first-order valence-corrected chi connectivity index (χ1v) is 12.3. The van der Waals surface area contributed by atoms with Crippen molar-refractivity contribution < 1.29 is 24.2 Å².